The lowest BCUT2D eigenvalue weighted by molar-refractivity contribution is -0.170. The predicted molar refractivity (Wildman–Crippen MR) is 40.3 cm³/mol. The largest absolute Gasteiger partial charge is 0.394 e. The zero-order chi connectivity index (χ0) is 10.6. The second-order valence-corrected chi connectivity index (χ2v) is 2.61. The van der Waals surface area contributed by atoms with Gasteiger partial charge in [-0.3, -0.25) is 10.5 Å². The van der Waals surface area contributed by atoms with Crippen molar-refractivity contribution in [2.75, 3.05) is 13.2 Å². The highest BCUT2D eigenvalue weighted by Crippen LogP contribution is 2.09. The van der Waals surface area contributed by atoms with Gasteiger partial charge in [0.15, 0.2) is 17.6 Å². The van der Waals surface area contributed by atoms with Crippen molar-refractivity contribution in [3.8, 4) is 0 Å². The number of rotatable bonds is 5. The van der Waals surface area contributed by atoms with Gasteiger partial charge in [0.05, 0.1) is 6.61 Å². The lowest BCUT2D eigenvalue weighted by Gasteiger charge is -2.30. The number of carbonyl (C=O) groups excluding carboxylic acids is 1. The third-order valence-corrected chi connectivity index (χ3v) is 1.61. The number of hydrogen-bond acceptors (Lipinski definition) is 7. The molecule has 3 atom stereocenters. The Kier molecular flexibility index (Phi) is 4.40. The molecule has 0 rings (SSSR count). The molecule has 0 saturated heterocycles. The molecule has 0 aliphatic heterocycles. The molecule has 0 aromatic carbocycles. The van der Waals surface area contributed by atoms with Crippen LogP contribution in [0.3, 0.4) is 0 Å². The minimum atomic E-state index is -2.66. The van der Waals surface area contributed by atoms with Gasteiger partial charge in [-0.25, -0.2) is 0 Å². The minimum Gasteiger partial charge on any atom is -0.394 e. The zero-order valence-corrected chi connectivity index (χ0v) is 6.79. The monoisotopic (exact) mass is 195 g/mol. The maximum atomic E-state index is 10.6. The quantitative estimate of drug-likeness (QED) is 0.245. The molecule has 0 bridgehead atoms. The van der Waals surface area contributed by atoms with Crippen LogP contribution in [0.15, 0.2) is 0 Å². The van der Waals surface area contributed by atoms with Crippen molar-refractivity contribution in [3.63, 3.8) is 0 Å². The Morgan fingerprint density at radius 1 is 1.38 bits per heavy atom. The first-order valence-corrected chi connectivity index (χ1v) is 3.49. The molecule has 0 aromatic heterocycles. The average molecular weight is 195 g/mol. The van der Waals surface area contributed by atoms with Gasteiger partial charge in [-0.1, -0.05) is 0 Å². The summed E-state index contributed by atoms with van der Waals surface area (Å²) in [5.41, 5.74) is 2.30. The Bertz CT molecular complexity index is 182. The molecule has 7 nitrogen and oxygen atoms in total. The first-order valence-electron chi connectivity index (χ1n) is 3.49. The fourth-order valence-corrected chi connectivity index (χ4v) is 0.673. The highest BCUT2D eigenvalue weighted by molar-refractivity contribution is 5.85. The van der Waals surface area contributed by atoms with Gasteiger partial charge in [0.1, 0.15) is 12.7 Å². The summed E-state index contributed by atoms with van der Waals surface area (Å²) in [5.74, 6) is -1.14. The Morgan fingerprint density at radius 2 is 1.85 bits per heavy atom. The topological polar surface area (TPSA) is 144 Å². The molecular formula is C6H13NO6. The maximum Gasteiger partial charge on any atom is 0.191 e. The standard InChI is InChI=1S/C6H13NO6/c7-6(13,4(11)2-9)5(12)3(10)1-8/h4-5,8-9,11-13H,1-2,7H2. The lowest BCUT2D eigenvalue weighted by atomic mass is 9.98. The normalized spacial score (nSPS) is 20.5. The second kappa shape index (κ2) is 4.61. The SMILES string of the molecule is NC(O)(C(O)CO)C(O)C(=O)CO. The number of ketones is 1. The van der Waals surface area contributed by atoms with Crippen molar-refractivity contribution in [1.82, 2.24) is 0 Å². The van der Waals surface area contributed by atoms with Crippen molar-refractivity contribution < 1.29 is 30.3 Å². The average Bonchev–Trinajstić information content (AvgIpc) is 2.13. The van der Waals surface area contributed by atoms with Crippen molar-refractivity contribution in [1.29, 1.82) is 0 Å². The second-order valence-electron chi connectivity index (χ2n) is 2.61. The smallest absolute Gasteiger partial charge is 0.191 e. The Labute approximate surface area is 74.0 Å². The van der Waals surface area contributed by atoms with Gasteiger partial charge in [0.25, 0.3) is 0 Å². The Hall–Kier alpha value is -0.570. The highest BCUT2D eigenvalue weighted by atomic mass is 16.4. The van der Waals surface area contributed by atoms with Crippen LogP contribution in [-0.2, 0) is 4.79 Å². The summed E-state index contributed by atoms with van der Waals surface area (Å²) in [6, 6.07) is 0. The van der Waals surface area contributed by atoms with Crippen molar-refractivity contribution in [2.24, 2.45) is 5.73 Å². The first-order chi connectivity index (χ1) is 5.87. The van der Waals surface area contributed by atoms with Gasteiger partial charge in [-0.05, 0) is 0 Å². The number of aliphatic hydroxyl groups excluding tert-OH is 4. The number of carbonyl (C=O) groups is 1. The molecule has 78 valence electrons. The van der Waals surface area contributed by atoms with Crippen molar-refractivity contribution in [3.05, 3.63) is 0 Å². The summed E-state index contributed by atoms with van der Waals surface area (Å²) < 4.78 is 0. The summed E-state index contributed by atoms with van der Waals surface area (Å²) in [4.78, 5) is 10.6. The van der Waals surface area contributed by atoms with E-state index in [0.29, 0.717) is 0 Å². The molecule has 7 N–H and O–H groups in total. The number of Topliss-reactive ketones (excluding diaryl/α,β-unsaturated/α-hetero) is 1. The molecule has 0 aliphatic rings. The van der Waals surface area contributed by atoms with Crippen LogP contribution in [0.2, 0.25) is 0 Å². The van der Waals surface area contributed by atoms with Gasteiger partial charge < -0.3 is 25.5 Å². The first kappa shape index (κ1) is 12.4. The predicted octanol–water partition coefficient (Wildman–Crippen LogP) is -4.09. The fourth-order valence-electron chi connectivity index (χ4n) is 0.673. The van der Waals surface area contributed by atoms with Crippen LogP contribution in [0.5, 0.6) is 0 Å². The molecule has 0 heterocycles. The van der Waals surface area contributed by atoms with E-state index in [-0.39, 0.29) is 0 Å². The molecule has 0 radical (unpaired) electrons. The van der Waals surface area contributed by atoms with Crippen molar-refractivity contribution >= 4 is 5.78 Å². The van der Waals surface area contributed by atoms with Crippen LogP contribution in [-0.4, -0.2) is 62.5 Å². The molecule has 3 unspecified atom stereocenters. The van der Waals surface area contributed by atoms with E-state index < -0.39 is 36.9 Å². The molecule has 0 fully saturated rings. The van der Waals surface area contributed by atoms with Gasteiger partial charge in [-0.2, -0.15) is 0 Å². The third kappa shape index (κ3) is 2.69. The van der Waals surface area contributed by atoms with Gasteiger partial charge in [0, 0.05) is 0 Å². The van der Waals surface area contributed by atoms with Crippen LogP contribution in [0.1, 0.15) is 0 Å². The van der Waals surface area contributed by atoms with Crippen LogP contribution in [0, 0.1) is 0 Å². The molecule has 0 amide bonds. The van der Waals surface area contributed by atoms with E-state index in [4.69, 9.17) is 31.3 Å². The van der Waals surface area contributed by atoms with E-state index in [2.05, 4.69) is 0 Å². The van der Waals surface area contributed by atoms with Crippen LogP contribution >= 0.6 is 0 Å². The summed E-state index contributed by atoms with van der Waals surface area (Å²) in [6.07, 6.45) is -4.00. The Morgan fingerprint density at radius 3 is 2.15 bits per heavy atom. The minimum absolute atomic E-state index is 0.914. The van der Waals surface area contributed by atoms with Crippen LogP contribution in [0.25, 0.3) is 0 Å². The zero-order valence-electron chi connectivity index (χ0n) is 6.79. The summed E-state index contributed by atoms with van der Waals surface area (Å²) in [6.45, 7) is -1.93. The molecule has 0 spiro atoms. The fraction of sp³-hybridized carbons (Fsp3) is 0.833. The lowest BCUT2D eigenvalue weighted by Crippen LogP contribution is -2.63. The molecule has 13 heavy (non-hydrogen) atoms. The summed E-state index contributed by atoms with van der Waals surface area (Å²) >= 11 is 0. The number of aliphatic hydroxyl groups is 5. The van der Waals surface area contributed by atoms with Crippen LogP contribution < -0.4 is 5.73 Å². The maximum absolute atomic E-state index is 10.6. The third-order valence-electron chi connectivity index (χ3n) is 1.61. The van der Waals surface area contributed by atoms with Gasteiger partial charge in [0.2, 0.25) is 0 Å². The summed E-state index contributed by atoms with van der Waals surface area (Å²) in [7, 11) is 0. The van der Waals surface area contributed by atoms with E-state index in [1.807, 2.05) is 0 Å². The molecular weight excluding hydrogens is 182 g/mol. The van der Waals surface area contributed by atoms with E-state index >= 15 is 0 Å². The van der Waals surface area contributed by atoms with E-state index in [1.165, 1.54) is 0 Å². The van der Waals surface area contributed by atoms with E-state index in [1.54, 1.807) is 0 Å². The molecule has 0 aliphatic carbocycles. The van der Waals surface area contributed by atoms with Crippen LogP contribution in [0.4, 0.5) is 0 Å². The van der Waals surface area contributed by atoms with Crippen molar-refractivity contribution in [2.45, 2.75) is 17.9 Å². The van der Waals surface area contributed by atoms with E-state index in [9.17, 15) is 4.79 Å². The molecule has 7 heteroatoms. The number of hydrogen-bond donors (Lipinski definition) is 6. The Balaban J connectivity index is 4.52. The highest BCUT2D eigenvalue weighted by Gasteiger charge is 2.42. The summed E-state index contributed by atoms with van der Waals surface area (Å²) in [5, 5.41) is 43.7. The molecule has 0 saturated carbocycles. The van der Waals surface area contributed by atoms with Gasteiger partial charge >= 0.3 is 0 Å². The van der Waals surface area contributed by atoms with E-state index in [0.717, 1.165) is 0 Å². The molecule has 0 aromatic rings. The van der Waals surface area contributed by atoms with Gasteiger partial charge in [-0.15, -0.1) is 0 Å². The number of nitrogens with two attached hydrogens (primary N) is 1.